The first kappa shape index (κ1) is 17.8. The predicted octanol–water partition coefficient (Wildman–Crippen LogP) is 4.10. The fourth-order valence-electron chi connectivity index (χ4n) is 2.36. The molecule has 6 heteroatoms. The molecule has 4 nitrogen and oxygen atoms in total. The summed E-state index contributed by atoms with van der Waals surface area (Å²) in [7, 11) is 0. The maximum absolute atomic E-state index is 12.2. The summed E-state index contributed by atoms with van der Waals surface area (Å²) >= 11 is 7.46. The van der Waals surface area contributed by atoms with Gasteiger partial charge in [-0.3, -0.25) is 9.59 Å². The number of carbonyl (C=O) groups excluding carboxylic acids is 2. The van der Waals surface area contributed by atoms with E-state index in [0.29, 0.717) is 27.8 Å². The largest absolute Gasteiger partial charge is 0.349 e. The van der Waals surface area contributed by atoms with Crippen molar-refractivity contribution in [3.63, 3.8) is 0 Å². The Morgan fingerprint density at radius 2 is 1.92 bits per heavy atom. The lowest BCUT2D eigenvalue weighted by molar-refractivity contribution is -0.113. The maximum Gasteiger partial charge on any atom is 0.253 e. The summed E-state index contributed by atoms with van der Waals surface area (Å²) in [4.78, 5) is 24.4. The van der Waals surface area contributed by atoms with Gasteiger partial charge >= 0.3 is 0 Å². The zero-order valence-electron chi connectivity index (χ0n) is 13.6. The number of carbonyl (C=O) groups is 2. The van der Waals surface area contributed by atoms with Gasteiger partial charge in [0.15, 0.2) is 0 Å². The van der Waals surface area contributed by atoms with E-state index < -0.39 is 0 Å². The van der Waals surface area contributed by atoms with Crippen LogP contribution in [0.5, 0.6) is 0 Å². The molecule has 0 saturated heterocycles. The SMILES string of the molecule is O=C(CSCc1cccc(Cl)c1)Nc1ccccc1C(=O)NC1CC1. The average molecular weight is 375 g/mol. The van der Waals surface area contributed by atoms with Gasteiger partial charge in [0.05, 0.1) is 17.0 Å². The molecule has 0 aliphatic heterocycles. The number of anilines is 1. The Bertz CT molecular complexity index is 778. The summed E-state index contributed by atoms with van der Waals surface area (Å²) in [5.74, 6) is 0.756. The molecular formula is C19H19ClN2O2S. The molecular weight excluding hydrogens is 356 g/mol. The summed E-state index contributed by atoms with van der Waals surface area (Å²) in [6.07, 6.45) is 2.06. The molecule has 1 saturated carbocycles. The monoisotopic (exact) mass is 374 g/mol. The molecule has 130 valence electrons. The van der Waals surface area contributed by atoms with Crippen LogP contribution in [0.1, 0.15) is 28.8 Å². The predicted molar refractivity (Wildman–Crippen MR) is 103 cm³/mol. The van der Waals surface area contributed by atoms with E-state index in [1.165, 1.54) is 11.8 Å². The Kier molecular flexibility index (Phi) is 6.00. The molecule has 2 aromatic carbocycles. The summed E-state index contributed by atoms with van der Waals surface area (Å²) in [6.45, 7) is 0. The van der Waals surface area contributed by atoms with Gasteiger partial charge in [0.1, 0.15) is 0 Å². The summed E-state index contributed by atoms with van der Waals surface area (Å²) < 4.78 is 0. The summed E-state index contributed by atoms with van der Waals surface area (Å²) in [5, 5.41) is 6.47. The van der Waals surface area contributed by atoms with E-state index >= 15 is 0 Å². The lowest BCUT2D eigenvalue weighted by Gasteiger charge is -2.11. The number of rotatable bonds is 7. The number of benzene rings is 2. The van der Waals surface area contributed by atoms with Crippen molar-refractivity contribution in [1.29, 1.82) is 0 Å². The van der Waals surface area contributed by atoms with Crippen molar-refractivity contribution in [2.24, 2.45) is 0 Å². The third-order valence-corrected chi connectivity index (χ3v) is 4.99. The average Bonchev–Trinajstić information content (AvgIpc) is 3.39. The van der Waals surface area contributed by atoms with Crippen molar-refractivity contribution in [1.82, 2.24) is 5.32 Å². The van der Waals surface area contributed by atoms with Crippen LogP contribution in [0, 0.1) is 0 Å². The van der Waals surface area contributed by atoms with E-state index in [4.69, 9.17) is 11.6 Å². The van der Waals surface area contributed by atoms with Crippen LogP contribution >= 0.6 is 23.4 Å². The van der Waals surface area contributed by atoms with Crippen LogP contribution in [0.25, 0.3) is 0 Å². The summed E-state index contributed by atoms with van der Waals surface area (Å²) in [6, 6.07) is 15.0. The molecule has 2 amide bonds. The van der Waals surface area contributed by atoms with Crippen molar-refractivity contribution in [3.05, 3.63) is 64.7 Å². The molecule has 0 atom stereocenters. The minimum atomic E-state index is -0.134. The van der Waals surface area contributed by atoms with Gasteiger partial charge in [0.25, 0.3) is 5.91 Å². The van der Waals surface area contributed by atoms with Gasteiger partial charge in [-0.25, -0.2) is 0 Å². The minimum Gasteiger partial charge on any atom is -0.349 e. The quantitative estimate of drug-likeness (QED) is 0.766. The second-order valence-electron chi connectivity index (χ2n) is 5.96. The second-order valence-corrected chi connectivity index (χ2v) is 7.39. The molecule has 0 spiro atoms. The molecule has 1 aliphatic rings. The number of para-hydroxylation sites is 1. The van der Waals surface area contributed by atoms with Gasteiger partial charge in [-0.05, 0) is 42.7 Å². The zero-order chi connectivity index (χ0) is 17.6. The Labute approximate surface area is 156 Å². The van der Waals surface area contributed by atoms with E-state index in [2.05, 4.69) is 10.6 Å². The number of halogens is 1. The van der Waals surface area contributed by atoms with E-state index in [0.717, 1.165) is 18.4 Å². The normalized spacial score (nSPS) is 13.3. The smallest absolute Gasteiger partial charge is 0.253 e. The fraction of sp³-hybridized carbons (Fsp3) is 0.263. The fourth-order valence-corrected chi connectivity index (χ4v) is 3.34. The molecule has 3 rings (SSSR count). The van der Waals surface area contributed by atoms with Crippen LogP contribution in [0.3, 0.4) is 0 Å². The van der Waals surface area contributed by atoms with Gasteiger partial charge in [-0.2, -0.15) is 0 Å². The van der Waals surface area contributed by atoms with Crippen LogP contribution in [0.15, 0.2) is 48.5 Å². The Morgan fingerprint density at radius 3 is 2.68 bits per heavy atom. The molecule has 1 fully saturated rings. The first-order valence-electron chi connectivity index (χ1n) is 8.14. The number of amides is 2. The Balaban J connectivity index is 1.53. The minimum absolute atomic E-state index is 0.126. The molecule has 2 N–H and O–H groups in total. The third kappa shape index (κ3) is 5.51. The van der Waals surface area contributed by atoms with Crippen LogP contribution in [-0.2, 0) is 10.5 Å². The van der Waals surface area contributed by atoms with Crippen molar-refractivity contribution in [3.8, 4) is 0 Å². The van der Waals surface area contributed by atoms with Crippen molar-refractivity contribution < 1.29 is 9.59 Å². The molecule has 1 aliphatic carbocycles. The highest BCUT2D eigenvalue weighted by Crippen LogP contribution is 2.22. The molecule has 0 heterocycles. The molecule has 0 unspecified atom stereocenters. The number of hydrogen-bond donors (Lipinski definition) is 2. The lowest BCUT2D eigenvalue weighted by Crippen LogP contribution is -2.27. The maximum atomic E-state index is 12.2. The molecule has 0 bridgehead atoms. The van der Waals surface area contributed by atoms with Crippen molar-refractivity contribution >= 4 is 40.9 Å². The van der Waals surface area contributed by atoms with E-state index in [-0.39, 0.29) is 17.9 Å². The zero-order valence-corrected chi connectivity index (χ0v) is 15.2. The van der Waals surface area contributed by atoms with Gasteiger partial charge in [-0.1, -0.05) is 35.9 Å². The summed E-state index contributed by atoms with van der Waals surface area (Å²) in [5.41, 5.74) is 2.13. The van der Waals surface area contributed by atoms with Crippen LogP contribution < -0.4 is 10.6 Å². The van der Waals surface area contributed by atoms with Crippen LogP contribution in [0.2, 0.25) is 5.02 Å². The van der Waals surface area contributed by atoms with Crippen molar-refractivity contribution in [2.45, 2.75) is 24.6 Å². The topological polar surface area (TPSA) is 58.2 Å². The highest BCUT2D eigenvalue weighted by molar-refractivity contribution is 7.99. The van der Waals surface area contributed by atoms with E-state index in [1.54, 1.807) is 18.2 Å². The Hall–Kier alpha value is -1.98. The first-order valence-corrected chi connectivity index (χ1v) is 9.67. The highest BCUT2D eigenvalue weighted by atomic mass is 35.5. The van der Waals surface area contributed by atoms with Crippen molar-refractivity contribution in [2.75, 3.05) is 11.1 Å². The number of nitrogens with one attached hydrogen (secondary N) is 2. The third-order valence-electron chi connectivity index (χ3n) is 3.75. The van der Waals surface area contributed by atoms with E-state index in [1.807, 2.05) is 30.3 Å². The Morgan fingerprint density at radius 1 is 1.12 bits per heavy atom. The lowest BCUT2D eigenvalue weighted by atomic mass is 10.1. The van der Waals surface area contributed by atoms with Gasteiger partial charge in [-0.15, -0.1) is 11.8 Å². The second kappa shape index (κ2) is 8.41. The highest BCUT2D eigenvalue weighted by Gasteiger charge is 2.24. The van der Waals surface area contributed by atoms with Crippen LogP contribution in [-0.4, -0.2) is 23.6 Å². The van der Waals surface area contributed by atoms with Gasteiger partial charge in [0.2, 0.25) is 5.91 Å². The van der Waals surface area contributed by atoms with Gasteiger partial charge < -0.3 is 10.6 Å². The molecule has 2 aromatic rings. The molecule has 0 aromatic heterocycles. The first-order chi connectivity index (χ1) is 12.1. The van der Waals surface area contributed by atoms with E-state index in [9.17, 15) is 9.59 Å². The molecule has 25 heavy (non-hydrogen) atoms. The standard InChI is InChI=1S/C19H19ClN2O2S/c20-14-5-3-4-13(10-14)11-25-12-18(23)22-17-7-2-1-6-16(17)19(24)21-15-8-9-15/h1-7,10,15H,8-9,11-12H2,(H,21,24)(H,22,23). The van der Waals surface area contributed by atoms with Crippen LogP contribution in [0.4, 0.5) is 5.69 Å². The number of thioether (sulfide) groups is 1. The number of hydrogen-bond acceptors (Lipinski definition) is 3. The molecule has 0 radical (unpaired) electrons. The van der Waals surface area contributed by atoms with Gasteiger partial charge in [0, 0.05) is 16.8 Å².